The van der Waals surface area contributed by atoms with Crippen molar-refractivity contribution in [3.8, 4) is 11.5 Å². The minimum atomic E-state index is -0.511. The Morgan fingerprint density at radius 1 is 1.07 bits per heavy atom. The molecule has 0 aromatic heterocycles. The number of likely N-dealkylation sites (tertiary alicyclic amines) is 1. The van der Waals surface area contributed by atoms with E-state index in [1.165, 1.54) is 12.7 Å². The van der Waals surface area contributed by atoms with E-state index in [9.17, 15) is 9.59 Å². The van der Waals surface area contributed by atoms with Gasteiger partial charge < -0.3 is 24.4 Å². The van der Waals surface area contributed by atoms with Gasteiger partial charge in [0, 0.05) is 25.4 Å². The Kier molecular flexibility index (Phi) is 7.17. The van der Waals surface area contributed by atoms with Crippen LogP contribution in [0.25, 0.3) is 0 Å². The summed E-state index contributed by atoms with van der Waals surface area (Å²) in [6.07, 6.45) is 0.542. The number of piperidine rings is 1. The highest BCUT2D eigenvalue weighted by Gasteiger charge is 2.36. The number of nitrogens with zero attached hydrogens (tertiary/aromatic N) is 1. The maximum Gasteiger partial charge on any atom is 0.407 e. The zero-order valence-corrected chi connectivity index (χ0v) is 17.6. The third kappa shape index (κ3) is 5.03. The van der Waals surface area contributed by atoms with Crippen LogP contribution in [0.4, 0.5) is 4.79 Å². The molecule has 0 radical (unpaired) electrons. The summed E-state index contributed by atoms with van der Waals surface area (Å²) in [4.78, 5) is 26.7. The number of amides is 2. The van der Waals surface area contributed by atoms with Gasteiger partial charge >= 0.3 is 6.09 Å². The Morgan fingerprint density at radius 3 is 2.47 bits per heavy atom. The van der Waals surface area contributed by atoms with Crippen LogP contribution in [0, 0.1) is 0 Å². The summed E-state index contributed by atoms with van der Waals surface area (Å²) in [6.45, 7) is 1.01. The highest BCUT2D eigenvalue weighted by atomic mass is 16.5. The molecule has 1 aliphatic rings. The van der Waals surface area contributed by atoms with E-state index in [1.54, 1.807) is 14.2 Å². The third-order valence-electron chi connectivity index (χ3n) is 5.49. The molecule has 7 heteroatoms. The number of nitrogens with one attached hydrogen (secondary N) is 1. The Labute approximate surface area is 176 Å². The van der Waals surface area contributed by atoms with Crippen molar-refractivity contribution in [2.24, 2.45) is 0 Å². The van der Waals surface area contributed by atoms with Gasteiger partial charge in [-0.3, -0.25) is 4.79 Å². The molecular formula is C23H28N2O5. The molecule has 1 aliphatic heterocycles. The first-order valence-corrected chi connectivity index (χ1v) is 9.93. The molecule has 160 valence electrons. The molecular weight excluding hydrogens is 384 g/mol. The second-order valence-corrected chi connectivity index (χ2v) is 7.24. The van der Waals surface area contributed by atoms with Crippen LogP contribution in [0.1, 0.15) is 23.5 Å². The van der Waals surface area contributed by atoms with Crippen molar-refractivity contribution < 1.29 is 23.8 Å². The van der Waals surface area contributed by atoms with E-state index in [2.05, 4.69) is 5.32 Å². The Bertz CT molecular complexity index is 871. The summed E-state index contributed by atoms with van der Waals surface area (Å²) in [5.74, 6) is 1.08. The Balaban J connectivity index is 1.79. The highest BCUT2D eigenvalue weighted by Crippen LogP contribution is 2.35. The minimum Gasteiger partial charge on any atom is -0.493 e. The molecule has 3 rings (SSSR count). The third-order valence-corrected chi connectivity index (χ3v) is 5.49. The van der Waals surface area contributed by atoms with Crippen molar-refractivity contribution in [3.05, 3.63) is 59.7 Å². The summed E-state index contributed by atoms with van der Waals surface area (Å²) in [7, 11) is 4.49. The number of rotatable bonds is 7. The van der Waals surface area contributed by atoms with Crippen molar-refractivity contribution in [3.63, 3.8) is 0 Å². The topological polar surface area (TPSA) is 77.1 Å². The lowest BCUT2D eigenvalue weighted by molar-refractivity contribution is -0.134. The number of carbonyl (C=O) groups excluding carboxylic acids is 2. The molecule has 2 atom stereocenters. The van der Waals surface area contributed by atoms with Crippen LogP contribution in [-0.2, 0) is 16.0 Å². The van der Waals surface area contributed by atoms with E-state index >= 15 is 0 Å². The lowest BCUT2D eigenvalue weighted by Crippen LogP contribution is -2.54. The smallest absolute Gasteiger partial charge is 0.407 e. The van der Waals surface area contributed by atoms with E-state index in [-0.39, 0.29) is 17.9 Å². The van der Waals surface area contributed by atoms with Gasteiger partial charge in [-0.2, -0.15) is 0 Å². The SMILES string of the molecule is COC(=O)N[C@@H]1CN(CCc2ccccc2)C(=O)C[C@H]1c1ccc(OC)c(OC)c1. The number of hydrogen-bond donors (Lipinski definition) is 1. The minimum absolute atomic E-state index is 0.0635. The van der Waals surface area contributed by atoms with Crippen LogP contribution in [0.15, 0.2) is 48.5 Å². The zero-order valence-electron chi connectivity index (χ0n) is 17.6. The monoisotopic (exact) mass is 412 g/mol. The van der Waals surface area contributed by atoms with Gasteiger partial charge in [-0.05, 0) is 29.7 Å². The lowest BCUT2D eigenvalue weighted by Gasteiger charge is -2.38. The van der Waals surface area contributed by atoms with Crippen molar-refractivity contribution in [2.45, 2.75) is 24.8 Å². The second kappa shape index (κ2) is 10.0. The van der Waals surface area contributed by atoms with Crippen LogP contribution < -0.4 is 14.8 Å². The van der Waals surface area contributed by atoms with Gasteiger partial charge in [0.2, 0.25) is 5.91 Å². The van der Waals surface area contributed by atoms with E-state index < -0.39 is 6.09 Å². The number of hydrogen-bond acceptors (Lipinski definition) is 5. The first-order chi connectivity index (χ1) is 14.5. The average Bonchev–Trinajstić information content (AvgIpc) is 2.79. The van der Waals surface area contributed by atoms with Crippen LogP contribution in [-0.4, -0.2) is 57.4 Å². The van der Waals surface area contributed by atoms with Crippen molar-refractivity contribution in [2.75, 3.05) is 34.4 Å². The Morgan fingerprint density at radius 2 is 1.80 bits per heavy atom. The second-order valence-electron chi connectivity index (χ2n) is 7.24. The first kappa shape index (κ1) is 21.5. The number of carbonyl (C=O) groups is 2. The summed E-state index contributed by atoms with van der Waals surface area (Å²) in [5, 5.41) is 2.90. The van der Waals surface area contributed by atoms with E-state index in [0.717, 1.165) is 12.0 Å². The average molecular weight is 412 g/mol. The standard InChI is InChI=1S/C23H28N2O5/c1-28-20-10-9-17(13-21(20)29-2)18-14-22(26)25(15-19(18)24-23(27)30-3)12-11-16-7-5-4-6-8-16/h4-10,13,18-19H,11-12,14-15H2,1-3H3,(H,24,27)/t18-,19+/m0/s1. The van der Waals surface area contributed by atoms with Gasteiger partial charge in [0.25, 0.3) is 0 Å². The molecule has 0 bridgehead atoms. The van der Waals surface area contributed by atoms with Crippen LogP contribution in [0.3, 0.4) is 0 Å². The van der Waals surface area contributed by atoms with Gasteiger partial charge in [-0.25, -0.2) is 4.79 Å². The molecule has 2 aromatic carbocycles. The number of methoxy groups -OCH3 is 3. The molecule has 2 aromatic rings. The molecule has 1 N–H and O–H groups in total. The molecule has 0 aliphatic carbocycles. The maximum atomic E-state index is 12.9. The van der Waals surface area contributed by atoms with Crippen molar-refractivity contribution >= 4 is 12.0 Å². The molecule has 1 fully saturated rings. The number of alkyl carbamates (subject to hydrolysis) is 1. The van der Waals surface area contributed by atoms with Crippen LogP contribution in [0.2, 0.25) is 0 Å². The van der Waals surface area contributed by atoms with E-state index in [4.69, 9.17) is 14.2 Å². The first-order valence-electron chi connectivity index (χ1n) is 9.93. The van der Waals surface area contributed by atoms with Crippen LogP contribution in [0.5, 0.6) is 11.5 Å². The molecule has 30 heavy (non-hydrogen) atoms. The lowest BCUT2D eigenvalue weighted by atomic mass is 9.84. The predicted octanol–water partition coefficient (Wildman–Crippen LogP) is 2.99. The summed E-state index contributed by atoms with van der Waals surface area (Å²) >= 11 is 0. The fourth-order valence-corrected chi connectivity index (χ4v) is 3.84. The van der Waals surface area contributed by atoms with Crippen molar-refractivity contribution in [1.29, 1.82) is 0 Å². The number of benzene rings is 2. The van der Waals surface area contributed by atoms with Gasteiger partial charge in [0.1, 0.15) is 0 Å². The summed E-state index contributed by atoms with van der Waals surface area (Å²) < 4.78 is 15.5. The van der Waals surface area contributed by atoms with E-state index in [1.807, 2.05) is 53.4 Å². The summed E-state index contributed by atoms with van der Waals surface area (Å²) in [5.41, 5.74) is 2.08. The molecule has 0 saturated carbocycles. The molecule has 7 nitrogen and oxygen atoms in total. The van der Waals surface area contributed by atoms with Gasteiger partial charge in [0.15, 0.2) is 11.5 Å². The molecule has 1 heterocycles. The van der Waals surface area contributed by atoms with Crippen LogP contribution >= 0.6 is 0 Å². The maximum absolute atomic E-state index is 12.9. The molecule has 0 spiro atoms. The normalized spacial score (nSPS) is 18.6. The molecule has 2 amide bonds. The highest BCUT2D eigenvalue weighted by molar-refractivity contribution is 5.79. The summed E-state index contributed by atoms with van der Waals surface area (Å²) in [6, 6.07) is 15.4. The van der Waals surface area contributed by atoms with Gasteiger partial charge in [-0.1, -0.05) is 36.4 Å². The Hall–Kier alpha value is -3.22. The van der Waals surface area contributed by atoms with E-state index in [0.29, 0.717) is 31.0 Å². The fraction of sp³-hybridized carbons (Fsp3) is 0.391. The predicted molar refractivity (Wildman–Crippen MR) is 113 cm³/mol. The van der Waals surface area contributed by atoms with Gasteiger partial charge in [0.05, 0.1) is 27.4 Å². The molecule has 1 saturated heterocycles. The number of ether oxygens (including phenoxy) is 3. The molecule has 0 unspecified atom stereocenters. The quantitative estimate of drug-likeness (QED) is 0.757. The van der Waals surface area contributed by atoms with Gasteiger partial charge in [-0.15, -0.1) is 0 Å². The zero-order chi connectivity index (χ0) is 21.5. The fourth-order valence-electron chi connectivity index (χ4n) is 3.84. The van der Waals surface area contributed by atoms with Crippen molar-refractivity contribution in [1.82, 2.24) is 10.2 Å². The largest absolute Gasteiger partial charge is 0.493 e.